The number of anilines is 1. The number of hydrogen-bond acceptors (Lipinski definition) is 11. The monoisotopic (exact) mass is 727 g/mol. The van der Waals surface area contributed by atoms with E-state index in [2.05, 4.69) is 42.2 Å². The summed E-state index contributed by atoms with van der Waals surface area (Å²) in [5, 5.41) is 13.2. The number of amidine groups is 1. The van der Waals surface area contributed by atoms with Gasteiger partial charge in [0.15, 0.2) is 0 Å². The largest absolute Gasteiger partial charge is 0.462 e. The maximum absolute atomic E-state index is 11.9. The molecule has 0 radical (unpaired) electrons. The summed E-state index contributed by atoms with van der Waals surface area (Å²) < 4.78 is 9.77. The summed E-state index contributed by atoms with van der Waals surface area (Å²) in [6.07, 6.45) is 4.72. The molecule has 2 N–H and O–H groups in total. The Balaban J connectivity index is 0.000000286. The summed E-state index contributed by atoms with van der Waals surface area (Å²) in [6.45, 7) is 19.9. The van der Waals surface area contributed by atoms with Gasteiger partial charge >= 0.3 is 0 Å². The van der Waals surface area contributed by atoms with E-state index in [1.54, 1.807) is 12.1 Å². The molecule has 0 saturated carbocycles. The number of hydrazone groups is 1. The quantitative estimate of drug-likeness (QED) is 0.228. The van der Waals surface area contributed by atoms with Gasteiger partial charge in [-0.2, -0.15) is 5.10 Å². The second-order valence-electron chi connectivity index (χ2n) is 13.8. The minimum Gasteiger partial charge on any atom is -0.462 e. The molecule has 0 aliphatic carbocycles. The van der Waals surface area contributed by atoms with Crippen molar-refractivity contribution >= 4 is 53.4 Å². The third-order valence-electron chi connectivity index (χ3n) is 8.40. The van der Waals surface area contributed by atoms with Gasteiger partial charge in [0, 0.05) is 51.6 Å². The SMILES string of the molecule is CC(C)(C)OC=O.CN1CCN(CC2CCN(CCOCC=O)CC2)CC1.CNCCCC(=O)NC1=NN(c2ccc(Cl)c(Cl)c2)CC1C. The Morgan fingerprint density at radius 2 is 1.73 bits per heavy atom. The van der Waals surface area contributed by atoms with Crippen molar-refractivity contribution in [2.24, 2.45) is 16.9 Å². The van der Waals surface area contributed by atoms with Gasteiger partial charge in [-0.15, -0.1) is 0 Å². The molecule has 3 heterocycles. The van der Waals surface area contributed by atoms with Crippen molar-refractivity contribution < 1.29 is 23.9 Å². The van der Waals surface area contributed by atoms with Crippen LogP contribution in [0.1, 0.15) is 53.4 Å². The number of piperidine rings is 1. The van der Waals surface area contributed by atoms with E-state index < -0.39 is 0 Å². The average Bonchev–Trinajstić information content (AvgIpc) is 3.42. The Bertz CT molecular complexity index is 1150. The molecule has 278 valence electrons. The topological polar surface area (TPSA) is 119 Å². The van der Waals surface area contributed by atoms with Crippen molar-refractivity contribution in [1.29, 1.82) is 0 Å². The van der Waals surface area contributed by atoms with Crippen LogP contribution in [-0.4, -0.2) is 138 Å². The van der Waals surface area contributed by atoms with Gasteiger partial charge in [-0.25, -0.2) is 0 Å². The molecule has 1 aromatic carbocycles. The fourth-order valence-electron chi connectivity index (χ4n) is 5.46. The fourth-order valence-corrected chi connectivity index (χ4v) is 5.75. The third-order valence-corrected chi connectivity index (χ3v) is 9.14. The number of rotatable bonds is 13. The van der Waals surface area contributed by atoms with Gasteiger partial charge in [-0.05, 0) is 97.9 Å². The minimum absolute atomic E-state index is 0.00293. The smallest absolute Gasteiger partial charge is 0.293 e. The lowest BCUT2D eigenvalue weighted by molar-refractivity contribution is -0.138. The summed E-state index contributed by atoms with van der Waals surface area (Å²) in [7, 11) is 4.08. The van der Waals surface area contributed by atoms with E-state index in [4.69, 9.17) is 27.9 Å². The lowest BCUT2D eigenvalue weighted by atomic mass is 9.96. The van der Waals surface area contributed by atoms with Crippen LogP contribution in [0.3, 0.4) is 0 Å². The van der Waals surface area contributed by atoms with Gasteiger partial charge in [-0.3, -0.25) is 14.6 Å². The molecule has 4 rings (SSSR count). The number of piperazine rings is 1. The van der Waals surface area contributed by atoms with Gasteiger partial charge in [0.1, 0.15) is 24.3 Å². The Kier molecular flexibility index (Phi) is 20.3. The number of nitrogens with zero attached hydrogens (tertiary/aromatic N) is 5. The highest BCUT2D eigenvalue weighted by Gasteiger charge is 2.26. The first-order valence-electron chi connectivity index (χ1n) is 17.4. The highest BCUT2D eigenvalue weighted by molar-refractivity contribution is 6.42. The highest BCUT2D eigenvalue weighted by atomic mass is 35.5. The van der Waals surface area contributed by atoms with Crippen LogP contribution in [0.4, 0.5) is 5.69 Å². The number of carbonyl (C=O) groups excluding carboxylic acids is 3. The number of likely N-dealkylation sites (tertiary alicyclic amines) is 1. The van der Waals surface area contributed by atoms with Crippen molar-refractivity contribution in [3.8, 4) is 0 Å². The molecule has 1 aromatic rings. The Hall–Kier alpha value is -2.32. The molecule has 0 aromatic heterocycles. The van der Waals surface area contributed by atoms with E-state index in [1.807, 2.05) is 45.8 Å². The molecular formula is C35H59Cl2N7O5. The van der Waals surface area contributed by atoms with Crippen LogP contribution in [0, 0.1) is 11.8 Å². The predicted octanol–water partition coefficient (Wildman–Crippen LogP) is 4.00. The van der Waals surface area contributed by atoms with Crippen molar-refractivity contribution in [2.45, 2.75) is 59.0 Å². The predicted molar refractivity (Wildman–Crippen MR) is 199 cm³/mol. The number of aldehydes is 1. The van der Waals surface area contributed by atoms with Crippen LogP contribution in [0.5, 0.6) is 0 Å². The Morgan fingerprint density at radius 3 is 2.31 bits per heavy atom. The second kappa shape index (κ2) is 23.2. The zero-order valence-electron chi connectivity index (χ0n) is 30.4. The zero-order valence-corrected chi connectivity index (χ0v) is 31.9. The lowest BCUT2D eigenvalue weighted by Gasteiger charge is -2.37. The molecule has 1 atom stereocenters. The van der Waals surface area contributed by atoms with Crippen molar-refractivity contribution in [1.82, 2.24) is 25.3 Å². The molecule has 3 aliphatic heterocycles. The number of carbonyl (C=O) groups is 3. The van der Waals surface area contributed by atoms with Gasteiger partial charge in [0.05, 0.1) is 28.9 Å². The average molecular weight is 729 g/mol. The van der Waals surface area contributed by atoms with Crippen LogP contribution in [0.2, 0.25) is 10.0 Å². The molecule has 14 heteroatoms. The first-order valence-corrected chi connectivity index (χ1v) is 18.1. The van der Waals surface area contributed by atoms with E-state index in [9.17, 15) is 14.4 Å². The van der Waals surface area contributed by atoms with E-state index in [0.29, 0.717) is 41.9 Å². The number of halogens is 2. The van der Waals surface area contributed by atoms with E-state index in [0.717, 1.165) is 37.4 Å². The molecule has 0 spiro atoms. The summed E-state index contributed by atoms with van der Waals surface area (Å²) in [5.74, 6) is 1.71. The summed E-state index contributed by atoms with van der Waals surface area (Å²) in [4.78, 5) is 39.2. The number of hydrogen-bond donors (Lipinski definition) is 2. The fraction of sp³-hybridized carbons (Fsp3) is 0.714. The standard InChI is InChI=1S/C15H20Cl2N4O.C15H29N3O2.C5H10O2/c1-10-9-21(11-5-6-12(16)13(17)8-11)20-15(10)19-14(22)4-3-7-18-2;1-16-6-8-18(9-7-16)14-15-2-4-17(5-3-15)10-12-20-13-11-19;1-5(2,3)7-4-6/h5-6,8,10,18H,3-4,7,9H2,1-2H3,(H,19,20,22);11,15H,2-10,12-14H2,1H3;4H,1-3H3. The Labute approximate surface area is 303 Å². The Morgan fingerprint density at radius 1 is 1.04 bits per heavy atom. The summed E-state index contributed by atoms with van der Waals surface area (Å²) in [5.41, 5.74) is 0.544. The summed E-state index contributed by atoms with van der Waals surface area (Å²) in [6, 6.07) is 5.38. The summed E-state index contributed by atoms with van der Waals surface area (Å²) >= 11 is 12.0. The molecule has 1 unspecified atom stereocenters. The number of ether oxygens (including phenoxy) is 2. The minimum atomic E-state index is -0.318. The van der Waals surface area contributed by atoms with Gasteiger partial charge in [0.2, 0.25) is 5.91 Å². The molecule has 49 heavy (non-hydrogen) atoms. The zero-order chi connectivity index (χ0) is 36.2. The number of likely N-dealkylation sites (N-methyl/N-ethyl adjacent to an activating group) is 1. The van der Waals surface area contributed by atoms with Crippen LogP contribution in [-0.2, 0) is 23.9 Å². The number of nitrogens with one attached hydrogen (secondary N) is 2. The first-order chi connectivity index (χ1) is 23.3. The number of benzene rings is 1. The van der Waals surface area contributed by atoms with E-state index in [-0.39, 0.29) is 24.0 Å². The van der Waals surface area contributed by atoms with Crippen LogP contribution >= 0.6 is 23.2 Å². The molecule has 12 nitrogen and oxygen atoms in total. The molecule has 2 fully saturated rings. The van der Waals surface area contributed by atoms with Crippen molar-refractivity contribution in [3.63, 3.8) is 0 Å². The first kappa shape index (κ1) is 42.8. The molecular weight excluding hydrogens is 669 g/mol. The number of amides is 1. The van der Waals surface area contributed by atoms with Gasteiger partial charge in [-0.1, -0.05) is 30.1 Å². The lowest BCUT2D eigenvalue weighted by Crippen LogP contribution is -2.47. The molecule has 2 saturated heterocycles. The highest BCUT2D eigenvalue weighted by Crippen LogP contribution is 2.29. The molecule has 1 amide bonds. The van der Waals surface area contributed by atoms with Gasteiger partial charge in [0.25, 0.3) is 6.47 Å². The van der Waals surface area contributed by atoms with Crippen molar-refractivity contribution in [3.05, 3.63) is 28.2 Å². The van der Waals surface area contributed by atoms with Crippen LogP contribution in [0.15, 0.2) is 23.3 Å². The van der Waals surface area contributed by atoms with Crippen LogP contribution < -0.4 is 15.6 Å². The maximum atomic E-state index is 11.9. The molecule has 3 aliphatic rings. The van der Waals surface area contributed by atoms with E-state index in [1.165, 1.54) is 58.7 Å². The van der Waals surface area contributed by atoms with Crippen LogP contribution in [0.25, 0.3) is 0 Å². The maximum Gasteiger partial charge on any atom is 0.293 e. The normalized spacial score (nSPS) is 19.2. The van der Waals surface area contributed by atoms with Crippen molar-refractivity contribution in [2.75, 3.05) is 97.8 Å². The second-order valence-corrected chi connectivity index (χ2v) is 14.6. The third kappa shape index (κ3) is 18.0. The molecule has 0 bridgehead atoms. The van der Waals surface area contributed by atoms with E-state index >= 15 is 0 Å². The van der Waals surface area contributed by atoms with Gasteiger partial charge < -0.3 is 39.6 Å².